The predicted octanol–water partition coefficient (Wildman–Crippen LogP) is 6.66. The number of alkyl halides is 3. The Hall–Kier alpha value is -3.60. The maximum absolute atomic E-state index is 13.2. The molecule has 212 valence electrons. The molecule has 0 saturated carbocycles. The molecule has 0 aliphatic heterocycles. The first-order valence-electron chi connectivity index (χ1n) is 12.2. The van der Waals surface area contributed by atoms with Crippen LogP contribution in [0.25, 0.3) is 5.41 Å². The molecule has 0 fully saturated rings. The van der Waals surface area contributed by atoms with Crippen molar-refractivity contribution in [3.63, 3.8) is 0 Å². The first-order valence-corrected chi connectivity index (χ1v) is 13.0. The normalized spacial score (nSPS) is 12.0. The summed E-state index contributed by atoms with van der Waals surface area (Å²) in [6.07, 6.45) is -3.34. The van der Waals surface area contributed by atoms with E-state index < -0.39 is 29.8 Å². The van der Waals surface area contributed by atoms with Gasteiger partial charge in [-0.1, -0.05) is 66.6 Å². The van der Waals surface area contributed by atoms with Gasteiger partial charge in [0.25, 0.3) is 0 Å². The molecule has 0 bridgehead atoms. The fourth-order valence-corrected chi connectivity index (χ4v) is 4.32. The summed E-state index contributed by atoms with van der Waals surface area (Å²) in [5.41, 5.74) is 7.44. The van der Waals surface area contributed by atoms with Crippen molar-refractivity contribution in [1.82, 2.24) is 5.32 Å². The van der Waals surface area contributed by atoms with E-state index in [0.29, 0.717) is 46.1 Å². The van der Waals surface area contributed by atoms with Gasteiger partial charge in [0.15, 0.2) is 5.91 Å². The molecule has 0 saturated heterocycles. The summed E-state index contributed by atoms with van der Waals surface area (Å²) >= 11 is 12.1. The van der Waals surface area contributed by atoms with Crippen molar-refractivity contribution in [2.45, 2.75) is 38.5 Å². The molecule has 3 aromatic rings. The standard InChI is InChI=1S/C28H26Cl2F3N4O3/c1-2-4-16-7-9-19(36-27(39)21(11-12-34)17-8-10-23(29)24(30)14-17)15-22(16)25(35)37-26(38)18-5-3-6-20(13-18)40-28(31,32)33/h3,5-10,13-15,21H,2,4,11-12,34H2,1H3,(H2-,35,36,37,38,39)/q-1. The quantitative estimate of drug-likeness (QED) is 0.180. The Balaban J connectivity index is 1.83. The number of benzene rings is 3. The van der Waals surface area contributed by atoms with Gasteiger partial charge in [-0.15, -0.1) is 13.2 Å². The van der Waals surface area contributed by atoms with Crippen molar-refractivity contribution in [1.29, 1.82) is 0 Å². The van der Waals surface area contributed by atoms with E-state index in [0.717, 1.165) is 12.1 Å². The molecule has 0 aromatic heterocycles. The molecule has 7 nitrogen and oxygen atoms in total. The van der Waals surface area contributed by atoms with Gasteiger partial charge >= 0.3 is 6.36 Å². The van der Waals surface area contributed by atoms with Gasteiger partial charge < -0.3 is 26.5 Å². The third-order valence-corrected chi connectivity index (χ3v) is 6.57. The van der Waals surface area contributed by atoms with Crippen LogP contribution in [0.3, 0.4) is 0 Å². The van der Waals surface area contributed by atoms with Gasteiger partial charge in [0.1, 0.15) is 5.75 Å². The van der Waals surface area contributed by atoms with Crippen molar-refractivity contribution in [3.05, 3.63) is 98.4 Å². The van der Waals surface area contributed by atoms with Gasteiger partial charge in [-0.3, -0.25) is 9.59 Å². The minimum atomic E-state index is -4.92. The molecule has 0 radical (unpaired) electrons. The number of halogens is 5. The molecular weight excluding hydrogens is 568 g/mol. The minimum absolute atomic E-state index is 0.166. The molecule has 0 aliphatic rings. The minimum Gasteiger partial charge on any atom is -0.464 e. The number of anilines is 1. The molecule has 12 heteroatoms. The third kappa shape index (κ3) is 8.45. The van der Waals surface area contributed by atoms with Crippen LogP contribution < -0.4 is 21.1 Å². The molecule has 1 atom stereocenters. The van der Waals surface area contributed by atoms with Crippen LogP contribution in [0.2, 0.25) is 10.0 Å². The van der Waals surface area contributed by atoms with Crippen molar-refractivity contribution in [2.75, 3.05) is 11.9 Å². The summed E-state index contributed by atoms with van der Waals surface area (Å²) in [6.45, 7) is 2.16. The molecule has 3 rings (SSSR count). The van der Waals surface area contributed by atoms with Gasteiger partial charge in [-0.25, -0.2) is 0 Å². The lowest BCUT2D eigenvalue weighted by Gasteiger charge is -2.21. The SMILES string of the molecule is CCCc1ccc(NC(=O)C(CCN)c2ccc(Cl)c(Cl)c2)cc1C(=[N-])NC(=O)c1cccc(OC(F)(F)F)c1. The van der Waals surface area contributed by atoms with Crippen LogP contribution in [0, 0.1) is 0 Å². The lowest BCUT2D eigenvalue weighted by Crippen LogP contribution is -2.31. The van der Waals surface area contributed by atoms with E-state index in [9.17, 15) is 28.2 Å². The number of aryl methyl sites for hydroxylation is 1. The number of rotatable bonds is 10. The summed E-state index contributed by atoms with van der Waals surface area (Å²) in [6, 6.07) is 14.2. The molecule has 0 spiro atoms. The maximum Gasteiger partial charge on any atom is 0.573 e. The van der Waals surface area contributed by atoms with E-state index in [-0.39, 0.29) is 23.6 Å². The van der Waals surface area contributed by atoms with Crippen LogP contribution in [0.4, 0.5) is 18.9 Å². The average molecular weight is 594 g/mol. The molecule has 4 N–H and O–H groups in total. The van der Waals surface area contributed by atoms with Gasteiger partial charge in [0.2, 0.25) is 5.91 Å². The number of amidine groups is 1. The molecule has 1 unspecified atom stereocenters. The second-order valence-electron chi connectivity index (χ2n) is 8.79. The Morgan fingerprint density at radius 2 is 1.80 bits per heavy atom. The lowest BCUT2D eigenvalue weighted by molar-refractivity contribution is -0.274. The lowest BCUT2D eigenvalue weighted by atomic mass is 9.94. The average Bonchev–Trinajstić information content (AvgIpc) is 2.89. The van der Waals surface area contributed by atoms with Crippen LogP contribution in [-0.4, -0.2) is 30.6 Å². The number of nitrogens with one attached hydrogen (secondary N) is 2. The highest BCUT2D eigenvalue weighted by Gasteiger charge is 2.31. The number of amides is 2. The number of nitrogens with zero attached hydrogens (tertiary/aromatic N) is 1. The van der Waals surface area contributed by atoms with Crippen molar-refractivity contribution < 1.29 is 27.5 Å². The van der Waals surface area contributed by atoms with Crippen molar-refractivity contribution >= 4 is 46.5 Å². The summed E-state index contributed by atoms with van der Waals surface area (Å²) in [7, 11) is 0. The van der Waals surface area contributed by atoms with Crippen LogP contribution in [0.15, 0.2) is 60.7 Å². The predicted molar refractivity (Wildman–Crippen MR) is 150 cm³/mol. The highest BCUT2D eigenvalue weighted by atomic mass is 35.5. The van der Waals surface area contributed by atoms with Gasteiger partial charge in [0.05, 0.1) is 16.0 Å². The first kappa shape index (κ1) is 30.9. The Morgan fingerprint density at radius 3 is 2.45 bits per heavy atom. The fourth-order valence-electron chi connectivity index (χ4n) is 4.02. The zero-order chi connectivity index (χ0) is 29.4. The smallest absolute Gasteiger partial charge is 0.464 e. The van der Waals surface area contributed by atoms with E-state index >= 15 is 0 Å². The highest BCUT2D eigenvalue weighted by Crippen LogP contribution is 2.29. The Kier molecular flexibility index (Phi) is 10.6. The molecular formula is C28H26Cl2F3N4O3-. The highest BCUT2D eigenvalue weighted by molar-refractivity contribution is 6.42. The monoisotopic (exact) mass is 593 g/mol. The summed E-state index contributed by atoms with van der Waals surface area (Å²) < 4.78 is 41.5. The Labute approximate surface area is 239 Å². The molecule has 0 heterocycles. The second-order valence-corrected chi connectivity index (χ2v) is 9.61. The molecule has 2 amide bonds. The van der Waals surface area contributed by atoms with Gasteiger partial charge in [-0.05, 0) is 72.5 Å². The number of carbonyl (C=O) groups excluding carboxylic acids is 2. The number of hydrogen-bond acceptors (Lipinski definition) is 4. The van der Waals surface area contributed by atoms with Crippen LogP contribution in [-0.2, 0) is 11.2 Å². The zero-order valence-corrected chi connectivity index (χ0v) is 22.8. The molecule has 0 aliphatic carbocycles. The van der Waals surface area contributed by atoms with E-state index in [1.807, 2.05) is 6.92 Å². The fraction of sp³-hybridized carbons (Fsp3) is 0.250. The Bertz CT molecular complexity index is 1400. The van der Waals surface area contributed by atoms with Crippen LogP contribution in [0.1, 0.15) is 52.7 Å². The Morgan fingerprint density at radius 1 is 1.05 bits per heavy atom. The molecule has 3 aromatic carbocycles. The van der Waals surface area contributed by atoms with Crippen LogP contribution >= 0.6 is 23.2 Å². The maximum atomic E-state index is 13.2. The number of carbonyl (C=O) groups is 2. The summed E-state index contributed by atoms with van der Waals surface area (Å²) in [5, 5.41) is 16.6. The first-order chi connectivity index (χ1) is 18.9. The summed E-state index contributed by atoms with van der Waals surface area (Å²) in [4.78, 5) is 25.9. The number of hydrogen-bond donors (Lipinski definition) is 3. The van der Waals surface area contributed by atoms with E-state index in [1.165, 1.54) is 18.2 Å². The largest absolute Gasteiger partial charge is 0.573 e. The third-order valence-electron chi connectivity index (χ3n) is 5.83. The topological polar surface area (TPSA) is 116 Å². The van der Waals surface area contributed by atoms with E-state index in [4.69, 9.17) is 28.9 Å². The summed E-state index contributed by atoms with van der Waals surface area (Å²) in [5.74, 6) is -2.98. The van der Waals surface area contributed by atoms with Gasteiger partial charge in [0, 0.05) is 11.3 Å². The van der Waals surface area contributed by atoms with E-state index in [2.05, 4.69) is 15.4 Å². The number of ether oxygens (including phenoxy) is 1. The number of nitrogens with two attached hydrogens (primary N) is 1. The van der Waals surface area contributed by atoms with Crippen molar-refractivity contribution in [3.8, 4) is 5.75 Å². The van der Waals surface area contributed by atoms with Gasteiger partial charge in [-0.2, -0.15) is 0 Å². The second kappa shape index (κ2) is 13.6. The van der Waals surface area contributed by atoms with E-state index in [1.54, 1.807) is 30.3 Å². The molecule has 40 heavy (non-hydrogen) atoms. The van der Waals surface area contributed by atoms with Crippen molar-refractivity contribution in [2.24, 2.45) is 5.73 Å². The van der Waals surface area contributed by atoms with Crippen LogP contribution in [0.5, 0.6) is 5.75 Å². The zero-order valence-electron chi connectivity index (χ0n) is 21.3.